The van der Waals surface area contributed by atoms with Gasteiger partial charge in [0, 0.05) is 6.42 Å². The van der Waals surface area contributed by atoms with Gasteiger partial charge in [-0.2, -0.15) is 0 Å². The molecule has 0 radical (unpaired) electrons. The van der Waals surface area contributed by atoms with Crippen LogP contribution < -0.4 is 4.72 Å². The predicted octanol–water partition coefficient (Wildman–Crippen LogP) is 2.97. The number of aromatic nitrogens is 5. The summed E-state index contributed by atoms with van der Waals surface area (Å²) in [6.45, 7) is 1.44. The highest BCUT2D eigenvalue weighted by Crippen LogP contribution is 2.28. The minimum atomic E-state index is -4.02. The minimum Gasteiger partial charge on any atom is -0.461 e. The summed E-state index contributed by atoms with van der Waals surface area (Å²) in [7, 11) is -4.02. The molecule has 0 aliphatic heterocycles. The molecule has 4 rings (SSSR count). The molecule has 0 bridgehead atoms. The van der Waals surface area contributed by atoms with Crippen LogP contribution in [0.4, 0.5) is 14.7 Å². The average Bonchev–Trinajstić information content (AvgIpc) is 3.40. The van der Waals surface area contributed by atoms with Crippen LogP contribution in [0.1, 0.15) is 12.7 Å². The lowest BCUT2D eigenvalue weighted by Gasteiger charge is -2.15. The van der Waals surface area contributed by atoms with Crippen molar-refractivity contribution in [3.63, 3.8) is 0 Å². The largest absolute Gasteiger partial charge is 0.461 e. The summed E-state index contributed by atoms with van der Waals surface area (Å²) in [5.41, 5.74) is 0.0334. The van der Waals surface area contributed by atoms with Gasteiger partial charge in [-0.05, 0) is 31.2 Å². The Kier molecular flexibility index (Phi) is 5.46. The van der Waals surface area contributed by atoms with Gasteiger partial charge in [-0.15, -0.1) is 10.2 Å². The summed E-state index contributed by atoms with van der Waals surface area (Å²) >= 11 is 0. The third-order valence-corrected chi connectivity index (χ3v) is 6.10. The smallest absolute Gasteiger partial charge is 0.243 e. The first-order valence-electron chi connectivity index (χ1n) is 9.07. The fourth-order valence-electron chi connectivity index (χ4n) is 2.82. The second kappa shape index (κ2) is 8.22. The van der Waals surface area contributed by atoms with E-state index in [1.807, 2.05) is 0 Å². The zero-order valence-electron chi connectivity index (χ0n) is 16.1. The monoisotopic (exact) mass is 446 g/mol. The Morgan fingerprint density at radius 1 is 1.10 bits per heavy atom. The van der Waals surface area contributed by atoms with Crippen molar-refractivity contribution in [2.45, 2.75) is 18.6 Å². The van der Waals surface area contributed by atoms with E-state index in [0.717, 1.165) is 12.4 Å². The van der Waals surface area contributed by atoms with Crippen molar-refractivity contribution in [2.24, 2.45) is 0 Å². The molecule has 3 heterocycles. The van der Waals surface area contributed by atoms with Gasteiger partial charge in [0.1, 0.15) is 11.6 Å². The van der Waals surface area contributed by atoms with Crippen LogP contribution in [0.3, 0.4) is 0 Å². The van der Waals surface area contributed by atoms with E-state index < -0.39 is 26.9 Å². The molecule has 0 spiro atoms. The van der Waals surface area contributed by atoms with Crippen molar-refractivity contribution in [1.82, 2.24) is 24.7 Å². The van der Waals surface area contributed by atoms with E-state index in [1.165, 1.54) is 36.0 Å². The number of halogens is 2. The molecular weight excluding hydrogens is 430 g/mol. The molecule has 0 aliphatic carbocycles. The Balaban J connectivity index is 1.69. The highest BCUT2D eigenvalue weighted by atomic mass is 32.2. The summed E-state index contributed by atoms with van der Waals surface area (Å²) in [6, 6.07) is 8.99. The van der Waals surface area contributed by atoms with Crippen molar-refractivity contribution in [3.05, 3.63) is 72.5 Å². The zero-order chi connectivity index (χ0) is 22.0. The molecule has 0 fully saturated rings. The fourth-order valence-corrected chi connectivity index (χ4v) is 3.77. The number of anilines is 1. The van der Waals surface area contributed by atoms with Gasteiger partial charge in [0.05, 0.1) is 29.6 Å². The van der Waals surface area contributed by atoms with Gasteiger partial charge >= 0.3 is 0 Å². The molecule has 0 amide bonds. The topological polar surface area (TPSA) is 116 Å². The van der Waals surface area contributed by atoms with Crippen LogP contribution in [0.5, 0.6) is 0 Å². The Morgan fingerprint density at radius 2 is 1.84 bits per heavy atom. The summed E-state index contributed by atoms with van der Waals surface area (Å²) in [5.74, 6) is -0.907. The first-order chi connectivity index (χ1) is 14.8. The number of furan rings is 1. The highest BCUT2D eigenvalue weighted by Gasteiger charge is 2.27. The van der Waals surface area contributed by atoms with Crippen LogP contribution in [0, 0.1) is 11.6 Å². The molecule has 0 saturated heterocycles. The molecule has 1 N–H and O–H groups in total. The molecule has 0 saturated carbocycles. The lowest BCUT2D eigenvalue weighted by atomic mass is 10.3. The van der Waals surface area contributed by atoms with E-state index in [-0.39, 0.29) is 35.5 Å². The first-order valence-corrected chi connectivity index (χ1v) is 10.6. The lowest BCUT2D eigenvalue weighted by Crippen LogP contribution is -2.29. The molecule has 9 nitrogen and oxygen atoms in total. The minimum absolute atomic E-state index is 0.0334. The average molecular weight is 446 g/mol. The number of rotatable bonds is 7. The first kappa shape index (κ1) is 20.6. The molecule has 12 heteroatoms. The van der Waals surface area contributed by atoms with Crippen LogP contribution in [-0.4, -0.2) is 38.4 Å². The van der Waals surface area contributed by atoms with E-state index in [0.29, 0.717) is 0 Å². The molecule has 4 aromatic rings. The summed E-state index contributed by atoms with van der Waals surface area (Å²) in [4.78, 5) is 7.56. The van der Waals surface area contributed by atoms with Crippen LogP contribution in [0.15, 0.2) is 59.5 Å². The predicted molar refractivity (Wildman–Crippen MR) is 107 cm³/mol. The molecule has 160 valence electrons. The van der Waals surface area contributed by atoms with E-state index in [2.05, 4.69) is 24.9 Å². The molecule has 0 aliphatic rings. The Labute approximate surface area is 175 Å². The molecule has 31 heavy (non-hydrogen) atoms. The van der Waals surface area contributed by atoms with Crippen molar-refractivity contribution < 1.29 is 21.6 Å². The summed E-state index contributed by atoms with van der Waals surface area (Å²) < 4.78 is 62.2. The second-order valence-electron chi connectivity index (χ2n) is 6.59. The lowest BCUT2D eigenvalue weighted by molar-refractivity contribution is 0.573. The fraction of sp³-hybridized carbons (Fsp3) is 0.158. The van der Waals surface area contributed by atoms with Crippen molar-refractivity contribution >= 4 is 16.0 Å². The normalized spacial score (nSPS) is 12.6. The number of nitrogens with one attached hydrogen (secondary N) is 1. The number of benzene rings is 1. The van der Waals surface area contributed by atoms with Crippen LogP contribution >= 0.6 is 0 Å². The summed E-state index contributed by atoms with van der Waals surface area (Å²) in [5, 5.41) is 6.86. The van der Waals surface area contributed by atoms with Gasteiger partial charge in [0.25, 0.3) is 0 Å². The van der Waals surface area contributed by atoms with Gasteiger partial charge in [-0.1, -0.05) is 12.1 Å². The standard InChI is InChI=1S/C19H16F2N6O3S/c1-12(9-17-22-10-13(20)11-23-17)31(28,29)26-19-25-24-18(16-7-4-8-30-16)27(19)15-6-3-2-5-14(15)21/h2-8,10-12H,9H2,1H3,(H,25,26)/t12-/m0/s1. The van der Waals surface area contributed by atoms with Crippen molar-refractivity contribution in [1.29, 1.82) is 0 Å². The number of sulfonamides is 1. The van der Waals surface area contributed by atoms with Crippen molar-refractivity contribution in [3.8, 4) is 17.3 Å². The Hall–Kier alpha value is -3.67. The van der Waals surface area contributed by atoms with Crippen LogP contribution in [-0.2, 0) is 16.4 Å². The third-order valence-electron chi connectivity index (χ3n) is 4.41. The highest BCUT2D eigenvalue weighted by molar-refractivity contribution is 7.93. The van der Waals surface area contributed by atoms with E-state index in [4.69, 9.17) is 4.42 Å². The van der Waals surface area contributed by atoms with Gasteiger partial charge in [-0.3, -0.25) is 9.29 Å². The quantitative estimate of drug-likeness (QED) is 0.464. The zero-order valence-corrected chi connectivity index (χ0v) is 16.9. The van der Waals surface area contributed by atoms with Crippen LogP contribution in [0.25, 0.3) is 17.3 Å². The van der Waals surface area contributed by atoms with E-state index >= 15 is 0 Å². The van der Waals surface area contributed by atoms with Gasteiger partial charge < -0.3 is 4.42 Å². The molecule has 0 unspecified atom stereocenters. The van der Waals surface area contributed by atoms with Gasteiger partial charge in [0.2, 0.25) is 21.8 Å². The third kappa shape index (κ3) is 4.28. The molecule has 3 aromatic heterocycles. The number of para-hydroxylation sites is 1. The molecular formula is C19H16F2N6O3S. The molecule has 1 atom stereocenters. The summed E-state index contributed by atoms with van der Waals surface area (Å²) in [6.07, 6.45) is 3.25. The maximum atomic E-state index is 14.5. The van der Waals surface area contributed by atoms with Crippen LogP contribution in [0.2, 0.25) is 0 Å². The number of nitrogens with zero attached hydrogens (tertiary/aromatic N) is 5. The Bertz CT molecular complexity index is 1290. The second-order valence-corrected chi connectivity index (χ2v) is 8.69. The maximum Gasteiger partial charge on any atom is 0.243 e. The Morgan fingerprint density at radius 3 is 2.52 bits per heavy atom. The number of hydrogen-bond donors (Lipinski definition) is 1. The maximum absolute atomic E-state index is 14.5. The van der Waals surface area contributed by atoms with Crippen molar-refractivity contribution in [2.75, 3.05) is 4.72 Å². The van der Waals surface area contributed by atoms with E-state index in [9.17, 15) is 17.2 Å². The molecule has 1 aromatic carbocycles. The van der Waals surface area contributed by atoms with Gasteiger partial charge in [-0.25, -0.2) is 27.2 Å². The van der Waals surface area contributed by atoms with E-state index in [1.54, 1.807) is 18.2 Å². The number of hydrogen-bond acceptors (Lipinski definition) is 7. The van der Waals surface area contributed by atoms with Gasteiger partial charge in [0.15, 0.2) is 11.6 Å². The SMILES string of the molecule is C[C@@H](Cc1ncc(F)cn1)S(=O)(=O)Nc1nnc(-c2ccco2)n1-c1ccccc1F.